The number of phenols is 1. The minimum atomic E-state index is -1.28. The highest BCUT2D eigenvalue weighted by atomic mass is 16.5. The molecule has 2 rings (SSSR count). The summed E-state index contributed by atoms with van der Waals surface area (Å²) in [6.45, 7) is 7.70. The summed E-state index contributed by atoms with van der Waals surface area (Å²) in [6, 6.07) is 14.5. The van der Waals surface area contributed by atoms with Crippen molar-refractivity contribution in [2.45, 2.75) is 58.2 Å². The number of rotatable bonds is 15. The number of Topliss-reactive ketones (excluding diaryl/α,β-unsaturated/α-hetero) is 1. The molecule has 0 radical (unpaired) electrons. The topological polar surface area (TPSA) is 119 Å². The molecule has 0 aliphatic rings. The van der Waals surface area contributed by atoms with Crippen LogP contribution < -0.4 is 10.8 Å². The number of carbonyl (C=O) groups excluding carboxylic acids is 2. The maximum atomic E-state index is 13.6. The number of hydrogen-bond acceptors (Lipinski definition) is 6. The number of carbonyl (C=O) groups is 2. The number of hydroxylamine groups is 1. The summed E-state index contributed by atoms with van der Waals surface area (Å²) in [5, 5.41) is 32.5. The molecule has 1 unspecified atom stereocenters. The number of amides is 1. The predicted octanol–water partition coefficient (Wildman–Crippen LogP) is 4.23. The third-order valence-corrected chi connectivity index (χ3v) is 6.13. The Morgan fingerprint density at radius 1 is 1.06 bits per heavy atom. The second kappa shape index (κ2) is 14.4. The van der Waals surface area contributed by atoms with Crippen molar-refractivity contribution in [3.8, 4) is 5.75 Å². The van der Waals surface area contributed by atoms with Crippen LogP contribution in [0, 0.1) is 17.8 Å². The molecule has 2 aromatic rings. The summed E-state index contributed by atoms with van der Waals surface area (Å²) in [5.41, 5.74) is 3.18. The average molecular weight is 483 g/mol. The van der Waals surface area contributed by atoms with Crippen molar-refractivity contribution >= 4 is 11.7 Å². The van der Waals surface area contributed by atoms with E-state index in [1.165, 1.54) is 0 Å². The summed E-state index contributed by atoms with van der Waals surface area (Å²) in [5.74, 6) is -1.47. The Kier molecular flexibility index (Phi) is 11.6. The van der Waals surface area contributed by atoms with E-state index in [4.69, 9.17) is 0 Å². The Hall–Kier alpha value is -3.00. The zero-order valence-corrected chi connectivity index (χ0v) is 20.6. The number of allylic oxidation sites excluding steroid dienone is 1. The van der Waals surface area contributed by atoms with Crippen molar-refractivity contribution in [3.05, 3.63) is 78.4 Å². The molecular weight excluding hydrogens is 444 g/mol. The number of nitrogens with one attached hydrogen (secondary N) is 2. The van der Waals surface area contributed by atoms with Crippen molar-refractivity contribution < 1.29 is 25.0 Å². The predicted molar refractivity (Wildman–Crippen MR) is 136 cm³/mol. The van der Waals surface area contributed by atoms with Gasteiger partial charge in [0.05, 0.1) is 6.04 Å². The maximum absolute atomic E-state index is 13.6. The Labute approximate surface area is 207 Å². The van der Waals surface area contributed by atoms with E-state index < -0.39 is 24.1 Å². The third-order valence-electron chi connectivity index (χ3n) is 6.13. The molecule has 0 bridgehead atoms. The SMILES string of the molecule is C=CCCC[C@H](C(O)NO)[C@@H](CC(C)C)C(=O)N[C@@H](Cc1ccc(O)cc1)C(=O)c1ccccc1. The lowest BCUT2D eigenvalue weighted by atomic mass is 9.80. The van der Waals surface area contributed by atoms with Crippen molar-refractivity contribution in [3.63, 3.8) is 0 Å². The Morgan fingerprint density at radius 2 is 1.71 bits per heavy atom. The van der Waals surface area contributed by atoms with Gasteiger partial charge in [-0.25, -0.2) is 0 Å². The molecule has 7 heteroatoms. The quantitative estimate of drug-likeness (QED) is 0.0852. The molecule has 0 fully saturated rings. The summed E-state index contributed by atoms with van der Waals surface area (Å²) in [6.07, 6.45) is 3.15. The first kappa shape index (κ1) is 28.2. The number of ketones is 1. The van der Waals surface area contributed by atoms with E-state index in [0.29, 0.717) is 24.8 Å². The lowest BCUT2D eigenvalue weighted by Crippen LogP contribution is -2.49. The third kappa shape index (κ3) is 8.94. The fourth-order valence-electron chi connectivity index (χ4n) is 4.32. The van der Waals surface area contributed by atoms with Gasteiger partial charge in [0.25, 0.3) is 0 Å². The fraction of sp³-hybridized carbons (Fsp3) is 0.429. The standard InChI is InChI=1S/C28H38N2O5/c1-4-5-7-12-23(28(34)30-35)24(17-19(2)3)27(33)29-25(18-20-13-15-22(31)16-14-20)26(32)21-10-8-6-9-11-21/h4,6,8-11,13-16,19,23-25,28,30-31,34-35H,1,5,7,12,17-18H2,2-3H3,(H,29,33)/t23-,24+,25-,28?/m0/s1. The van der Waals surface area contributed by atoms with Gasteiger partial charge in [0.15, 0.2) is 5.78 Å². The van der Waals surface area contributed by atoms with Crippen LogP contribution >= 0.6 is 0 Å². The van der Waals surface area contributed by atoms with E-state index in [1.807, 2.05) is 25.4 Å². The second-order valence-electron chi connectivity index (χ2n) is 9.36. The molecule has 0 aromatic heterocycles. The molecular formula is C28H38N2O5. The van der Waals surface area contributed by atoms with Gasteiger partial charge >= 0.3 is 0 Å². The Bertz CT molecular complexity index is 930. The number of aliphatic hydroxyl groups is 1. The Balaban J connectivity index is 2.34. The highest BCUT2D eigenvalue weighted by molar-refractivity contribution is 6.02. The molecule has 0 spiro atoms. The van der Waals surface area contributed by atoms with Crippen LogP contribution in [0.4, 0.5) is 0 Å². The molecule has 0 saturated carbocycles. The number of aromatic hydroxyl groups is 1. The van der Waals surface area contributed by atoms with Gasteiger partial charge in [-0.3, -0.25) is 9.59 Å². The van der Waals surface area contributed by atoms with Crippen LogP contribution in [0.2, 0.25) is 0 Å². The number of aliphatic hydroxyl groups excluding tert-OH is 1. The van der Waals surface area contributed by atoms with Crippen LogP contribution in [-0.2, 0) is 11.2 Å². The van der Waals surface area contributed by atoms with Crippen LogP contribution in [0.25, 0.3) is 0 Å². The number of unbranched alkanes of at least 4 members (excludes halogenated alkanes) is 1. The van der Waals surface area contributed by atoms with E-state index in [-0.39, 0.29) is 29.8 Å². The van der Waals surface area contributed by atoms with Gasteiger partial charge in [0.2, 0.25) is 5.91 Å². The summed E-state index contributed by atoms with van der Waals surface area (Å²) in [4.78, 5) is 27.0. The highest BCUT2D eigenvalue weighted by Gasteiger charge is 2.35. The van der Waals surface area contributed by atoms with E-state index in [9.17, 15) is 25.0 Å². The van der Waals surface area contributed by atoms with Crippen LogP contribution in [0.3, 0.4) is 0 Å². The lowest BCUT2D eigenvalue weighted by molar-refractivity contribution is -0.133. The minimum Gasteiger partial charge on any atom is -0.508 e. The normalized spacial score (nSPS) is 14.7. The van der Waals surface area contributed by atoms with Crippen molar-refractivity contribution in [1.82, 2.24) is 10.8 Å². The van der Waals surface area contributed by atoms with Crippen molar-refractivity contribution in [2.75, 3.05) is 0 Å². The molecule has 4 atom stereocenters. The number of hydrogen-bond donors (Lipinski definition) is 5. The monoisotopic (exact) mass is 482 g/mol. The van der Waals surface area contributed by atoms with Crippen LogP contribution in [-0.4, -0.2) is 39.4 Å². The van der Waals surface area contributed by atoms with Crippen molar-refractivity contribution in [1.29, 1.82) is 0 Å². The lowest BCUT2D eigenvalue weighted by Gasteiger charge is -2.32. The van der Waals surface area contributed by atoms with Gasteiger partial charge in [-0.15, -0.1) is 6.58 Å². The number of phenolic OH excluding ortho intramolecular Hbond substituents is 1. The van der Waals surface area contributed by atoms with E-state index in [1.54, 1.807) is 54.6 Å². The highest BCUT2D eigenvalue weighted by Crippen LogP contribution is 2.28. The first-order valence-electron chi connectivity index (χ1n) is 12.1. The first-order valence-corrected chi connectivity index (χ1v) is 12.1. The van der Waals surface area contributed by atoms with Crippen molar-refractivity contribution in [2.24, 2.45) is 17.8 Å². The molecule has 2 aromatic carbocycles. The summed E-state index contributed by atoms with van der Waals surface area (Å²) >= 11 is 0. The molecule has 0 aliphatic carbocycles. The Morgan fingerprint density at radius 3 is 2.29 bits per heavy atom. The summed E-state index contributed by atoms with van der Waals surface area (Å²) < 4.78 is 0. The molecule has 1 amide bonds. The molecule has 0 saturated heterocycles. The minimum absolute atomic E-state index is 0.119. The zero-order chi connectivity index (χ0) is 25.8. The van der Waals surface area contributed by atoms with E-state index in [0.717, 1.165) is 12.0 Å². The summed E-state index contributed by atoms with van der Waals surface area (Å²) in [7, 11) is 0. The van der Waals surface area contributed by atoms with Crippen LogP contribution in [0.5, 0.6) is 5.75 Å². The molecule has 35 heavy (non-hydrogen) atoms. The zero-order valence-electron chi connectivity index (χ0n) is 20.6. The number of benzene rings is 2. The second-order valence-corrected chi connectivity index (χ2v) is 9.36. The van der Waals surface area contributed by atoms with Gasteiger partial charge in [-0.2, -0.15) is 5.48 Å². The molecule has 190 valence electrons. The molecule has 0 heterocycles. The van der Waals surface area contributed by atoms with Gasteiger partial charge in [-0.1, -0.05) is 62.4 Å². The molecule has 0 aliphatic heterocycles. The van der Waals surface area contributed by atoms with Gasteiger partial charge in [0, 0.05) is 23.8 Å². The fourth-order valence-corrected chi connectivity index (χ4v) is 4.32. The first-order chi connectivity index (χ1) is 16.8. The largest absolute Gasteiger partial charge is 0.508 e. The molecule has 5 N–H and O–H groups in total. The van der Waals surface area contributed by atoms with Gasteiger partial charge in [-0.05, 0) is 49.3 Å². The van der Waals surface area contributed by atoms with Crippen LogP contribution in [0.1, 0.15) is 55.5 Å². The van der Waals surface area contributed by atoms with Gasteiger partial charge < -0.3 is 20.7 Å². The average Bonchev–Trinajstić information content (AvgIpc) is 2.86. The van der Waals surface area contributed by atoms with Crippen LogP contribution in [0.15, 0.2) is 67.3 Å². The van der Waals surface area contributed by atoms with E-state index in [2.05, 4.69) is 11.9 Å². The smallest absolute Gasteiger partial charge is 0.224 e. The molecule has 7 nitrogen and oxygen atoms in total. The van der Waals surface area contributed by atoms with Gasteiger partial charge in [0.1, 0.15) is 12.0 Å². The van der Waals surface area contributed by atoms with E-state index >= 15 is 0 Å². The maximum Gasteiger partial charge on any atom is 0.224 e.